The van der Waals surface area contributed by atoms with Crippen molar-refractivity contribution in [2.75, 3.05) is 0 Å². The molecule has 0 rings (SSSR count). The van der Waals surface area contributed by atoms with Crippen LogP contribution in [0.5, 0.6) is 0 Å². The van der Waals surface area contributed by atoms with E-state index in [0.29, 0.717) is 0 Å². The Balaban J connectivity index is -0.000000411. The first-order chi connectivity index (χ1) is 10.7. The van der Waals surface area contributed by atoms with Crippen molar-refractivity contribution in [3.63, 3.8) is 0 Å². The van der Waals surface area contributed by atoms with E-state index < -0.39 is 48.4 Å². The predicted octanol–water partition coefficient (Wildman–Crippen LogP) is 8.01. The molecular formula is C20H54CaSi6. The van der Waals surface area contributed by atoms with Crippen molar-refractivity contribution in [2.45, 2.75) is 118 Å². The van der Waals surface area contributed by atoms with Crippen LogP contribution in [0, 0.1) is 9.58 Å². The minimum Gasteiger partial charge on any atom is -0.311 e. The first-order valence-corrected chi connectivity index (χ1v) is 31.5. The largest absolute Gasteiger partial charge is 2.00 e. The van der Waals surface area contributed by atoms with Crippen LogP contribution in [0.2, 0.25) is 118 Å². The van der Waals surface area contributed by atoms with Gasteiger partial charge in [0.2, 0.25) is 0 Å². The molecule has 0 bridgehead atoms. The molecule has 0 saturated carbocycles. The first-order valence-electron chi connectivity index (χ1n) is 10.5. The van der Waals surface area contributed by atoms with Gasteiger partial charge in [0.05, 0.1) is 0 Å². The molecule has 0 spiro atoms. The second-order valence-electron chi connectivity index (χ2n) is 14.2. The zero-order valence-corrected chi connectivity index (χ0v) is 30.9. The summed E-state index contributed by atoms with van der Waals surface area (Å²) < 4.78 is 0. The molecule has 0 aliphatic heterocycles. The van der Waals surface area contributed by atoms with Crippen LogP contribution >= 0.6 is 0 Å². The van der Waals surface area contributed by atoms with Gasteiger partial charge in [-0.2, -0.15) is 0 Å². The summed E-state index contributed by atoms with van der Waals surface area (Å²) in [6, 6.07) is 0. The Hall–Kier alpha value is 2.56. The Kier molecular flexibility index (Phi) is 13.8. The summed E-state index contributed by atoms with van der Waals surface area (Å²) in [5.41, 5.74) is 0. The fraction of sp³-hybridized carbons (Fsp3) is 0.900. The van der Waals surface area contributed by atoms with Crippen molar-refractivity contribution < 1.29 is 0 Å². The Morgan fingerprint density at radius 1 is 0.259 bits per heavy atom. The van der Waals surface area contributed by atoms with Gasteiger partial charge in [-0.25, -0.2) is 0 Å². The molecule has 0 amide bonds. The molecular weight excluding hydrogens is 449 g/mol. The van der Waals surface area contributed by atoms with Crippen LogP contribution in [0.25, 0.3) is 0 Å². The average Bonchev–Trinajstić information content (AvgIpc) is 1.97. The van der Waals surface area contributed by atoms with Gasteiger partial charge in [-0.1, -0.05) is 118 Å². The predicted molar refractivity (Wildman–Crippen MR) is 152 cm³/mol. The molecule has 160 valence electrons. The van der Waals surface area contributed by atoms with Crippen LogP contribution in [0.1, 0.15) is 0 Å². The Bertz CT molecular complexity index is 314. The van der Waals surface area contributed by atoms with Crippen LogP contribution < -0.4 is 0 Å². The monoisotopic (exact) mass is 502 g/mol. The van der Waals surface area contributed by atoms with E-state index in [9.17, 15) is 0 Å². The molecule has 0 atom stereocenters. The van der Waals surface area contributed by atoms with Crippen molar-refractivity contribution in [1.29, 1.82) is 0 Å². The molecule has 0 aromatic carbocycles. The van der Waals surface area contributed by atoms with E-state index in [1.807, 2.05) is 0 Å². The normalized spacial score (nSPS) is 14.7. The zero-order chi connectivity index (χ0) is 22.2. The van der Waals surface area contributed by atoms with Crippen molar-refractivity contribution in [1.82, 2.24) is 0 Å². The molecule has 0 aliphatic rings. The topological polar surface area (TPSA) is 0 Å². The van der Waals surface area contributed by atoms with E-state index >= 15 is 0 Å². The number of rotatable bonds is 6. The van der Waals surface area contributed by atoms with Crippen LogP contribution in [0.15, 0.2) is 0 Å². The minimum atomic E-state index is -1.02. The summed E-state index contributed by atoms with van der Waals surface area (Å²) in [5, 5.41) is 0. The summed E-state index contributed by atoms with van der Waals surface area (Å²) in [5.74, 6) is 0. The molecule has 0 unspecified atom stereocenters. The standard InChI is InChI=1S/2C10H27Si3.Ca/c2*1-11(2,3)10(12(4,5)6)13(7,8)9;/h2*1-9H3;/q2*-1;+2. The van der Waals surface area contributed by atoms with E-state index in [-0.39, 0.29) is 37.7 Å². The van der Waals surface area contributed by atoms with Crippen LogP contribution in [-0.2, 0) is 0 Å². The van der Waals surface area contributed by atoms with Gasteiger partial charge in [-0.3, -0.25) is 0 Å². The fourth-order valence-corrected chi connectivity index (χ4v) is 60.8. The van der Waals surface area contributed by atoms with Crippen LogP contribution in [-0.4, -0.2) is 86.2 Å². The third-order valence-electron chi connectivity index (χ3n) is 4.50. The summed E-state index contributed by atoms with van der Waals surface area (Å²) in [6.07, 6.45) is 0. The van der Waals surface area contributed by atoms with Crippen molar-refractivity contribution >= 4 is 86.2 Å². The van der Waals surface area contributed by atoms with Crippen molar-refractivity contribution in [2.24, 2.45) is 0 Å². The minimum absolute atomic E-state index is 0. The molecule has 0 fully saturated rings. The second-order valence-corrected chi connectivity index (χ2v) is 47.2. The van der Waals surface area contributed by atoms with E-state index in [4.69, 9.17) is 0 Å². The maximum atomic E-state index is 2.53. The van der Waals surface area contributed by atoms with Crippen molar-refractivity contribution in [3.8, 4) is 0 Å². The van der Waals surface area contributed by atoms with Gasteiger partial charge in [0, 0.05) is 0 Å². The molecule has 0 nitrogen and oxygen atoms in total. The van der Waals surface area contributed by atoms with Gasteiger partial charge < -0.3 is 9.58 Å². The van der Waals surface area contributed by atoms with Gasteiger partial charge in [0.1, 0.15) is 0 Å². The van der Waals surface area contributed by atoms with Crippen LogP contribution in [0.4, 0.5) is 0 Å². The smallest absolute Gasteiger partial charge is 0.311 e. The molecule has 0 aliphatic carbocycles. The fourth-order valence-electron chi connectivity index (χ4n) is 6.75. The molecule has 27 heavy (non-hydrogen) atoms. The maximum Gasteiger partial charge on any atom is 2.00 e. The van der Waals surface area contributed by atoms with E-state index in [2.05, 4.69) is 127 Å². The van der Waals surface area contributed by atoms with E-state index in [1.165, 1.54) is 0 Å². The van der Waals surface area contributed by atoms with E-state index in [0.717, 1.165) is 0 Å². The molecule has 0 aromatic rings. The first kappa shape index (κ1) is 34.2. The SMILES string of the molecule is C[Si](C)(C)[C-]([Si](C)(C)C)[Si](C)(C)C.C[Si](C)(C)[C-]([Si](C)(C)C)[Si](C)(C)C.[Ca+2]. The molecule has 7 heteroatoms. The molecule has 0 N–H and O–H groups in total. The summed E-state index contributed by atoms with van der Waals surface area (Å²) in [7, 11) is -6.10. The molecule has 0 aromatic heterocycles. The summed E-state index contributed by atoms with van der Waals surface area (Å²) >= 11 is 0. The number of hydrogen-bond acceptors (Lipinski definition) is 0. The summed E-state index contributed by atoms with van der Waals surface area (Å²) in [6.45, 7) is 45.5. The third-order valence-corrected chi connectivity index (χ3v) is 40.5. The van der Waals surface area contributed by atoms with Gasteiger partial charge in [-0.15, -0.1) is 48.4 Å². The van der Waals surface area contributed by atoms with Gasteiger partial charge in [0.15, 0.2) is 0 Å². The zero-order valence-electron chi connectivity index (χ0n) is 22.7. The molecule has 0 radical (unpaired) electrons. The molecule has 0 saturated heterocycles. The quantitative estimate of drug-likeness (QED) is 0.255. The van der Waals surface area contributed by atoms with Crippen molar-refractivity contribution in [3.05, 3.63) is 9.58 Å². The summed E-state index contributed by atoms with van der Waals surface area (Å²) in [4.78, 5) is 4.12. The van der Waals surface area contributed by atoms with Crippen LogP contribution in [0.3, 0.4) is 0 Å². The maximum absolute atomic E-state index is 2.53. The van der Waals surface area contributed by atoms with Gasteiger partial charge in [-0.05, 0) is 0 Å². The Morgan fingerprint density at radius 3 is 0.333 bits per heavy atom. The molecule has 0 heterocycles. The Morgan fingerprint density at radius 2 is 0.333 bits per heavy atom. The average molecular weight is 503 g/mol. The Labute approximate surface area is 211 Å². The number of hydrogen-bond donors (Lipinski definition) is 0. The van der Waals surface area contributed by atoms with Gasteiger partial charge in [0.25, 0.3) is 0 Å². The second kappa shape index (κ2) is 10.9. The third kappa shape index (κ3) is 13.6. The van der Waals surface area contributed by atoms with Gasteiger partial charge >= 0.3 is 37.7 Å². The van der Waals surface area contributed by atoms with E-state index in [1.54, 1.807) is 0 Å².